The number of hydrogen-bond acceptors (Lipinski definition) is 6. The van der Waals surface area contributed by atoms with Crippen molar-refractivity contribution in [3.63, 3.8) is 0 Å². The summed E-state index contributed by atoms with van der Waals surface area (Å²) < 4.78 is 4.74. The van der Waals surface area contributed by atoms with Crippen LogP contribution >= 0.6 is 0 Å². The number of hydrogen-bond donors (Lipinski definition) is 4. The van der Waals surface area contributed by atoms with Crippen molar-refractivity contribution in [2.75, 3.05) is 5.73 Å². The smallest absolute Gasteiger partial charge is 0.409 e. The van der Waals surface area contributed by atoms with E-state index in [1.807, 2.05) is 0 Å². The van der Waals surface area contributed by atoms with E-state index in [4.69, 9.17) is 16.2 Å². The minimum absolute atomic E-state index is 0.130. The summed E-state index contributed by atoms with van der Waals surface area (Å²) in [7, 11) is 0. The summed E-state index contributed by atoms with van der Waals surface area (Å²) in [5, 5.41) is 19.3. The van der Waals surface area contributed by atoms with Gasteiger partial charge >= 0.3 is 12.1 Å². The normalized spacial score (nSPS) is 23.1. The van der Waals surface area contributed by atoms with Crippen LogP contribution in [0.25, 0.3) is 5.57 Å². The van der Waals surface area contributed by atoms with Gasteiger partial charge in [-0.25, -0.2) is 9.59 Å². The van der Waals surface area contributed by atoms with E-state index < -0.39 is 36.0 Å². The zero-order chi connectivity index (χ0) is 18.5. The Morgan fingerprint density at radius 3 is 2.60 bits per heavy atom. The Hall–Kier alpha value is -3.07. The molecule has 3 atom stereocenters. The van der Waals surface area contributed by atoms with Gasteiger partial charge in [0.05, 0.1) is 18.1 Å². The number of carboxylic acid groups (broad SMARTS) is 1. The number of anilines is 1. The minimum Gasteiger partial charge on any atom is -0.477 e. The summed E-state index contributed by atoms with van der Waals surface area (Å²) in [5.74, 6) is -2.16. The van der Waals surface area contributed by atoms with E-state index in [0.717, 1.165) is 0 Å². The third kappa shape index (κ3) is 2.58. The van der Waals surface area contributed by atoms with Crippen molar-refractivity contribution in [3.05, 3.63) is 29.5 Å². The molecule has 1 saturated heterocycles. The average molecular weight is 347 g/mol. The molecular formula is C16H17N3O6. The number of carbonyl (C=O) groups excluding carboxylic acids is 2. The van der Waals surface area contributed by atoms with Crippen LogP contribution in [0.3, 0.4) is 0 Å². The molecule has 0 aromatic heterocycles. The lowest BCUT2D eigenvalue weighted by Crippen LogP contribution is -2.61. The number of amides is 2. The molecule has 6 N–H and O–H groups in total. The number of aliphatic hydroxyl groups is 1. The number of aliphatic carboxylic acids is 1. The molecule has 9 nitrogen and oxygen atoms in total. The monoisotopic (exact) mass is 347 g/mol. The molecular weight excluding hydrogens is 330 g/mol. The quantitative estimate of drug-likeness (QED) is 0.445. The van der Waals surface area contributed by atoms with Crippen LogP contribution in [0.1, 0.15) is 18.9 Å². The van der Waals surface area contributed by atoms with Gasteiger partial charge in [-0.2, -0.15) is 0 Å². The lowest BCUT2D eigenvalue weighted by Gasteiger charge is -2.44. The van der Waals surface area contributed by atoms with Crippen molar-refractivity contribution < 1.29 is 29.3 Å². The molecule has 1 fully saturated rings. The number of benzene rings is 1. The van der Waals surface area contributed by atoms with Gasteiger partial charge in [-0.15, -0.1) is 0 Å². The van der Waals surface area contributed by atoms with Crippen LogP contribution in [0.5, 0.6) is 5.75 Å². The first kappa shape index (κ1) is 16.8. The Morgan fingerprint density at radius 1 is 1.40 bits per heavy atom. The van der Waals surface area contributed by atoms with Gasteiger partial charge in [-0.05, 0) is 31.1 Å². The number of nitrogens with two attached hydrogens (primary N) is 2. The molecule has 9 heteroatoms. The van der Waals surface area contributed by atoms with E-state index in [2.05, 4.69) is 0 Å². The lowest BCUT2D eigenvalue weighted by atomic mass is 9.82. The SMILES string of the molecule is C[C@@H](O)[C@H]1C(=O)N2C(C(=O)O)=C(c3ccc(OC(N)=O)cc3N)C[C@H]12. The fourth-order valence-electron chi connectivity index (χ4n) is 3.51. The van der Waals surface area contributed by atoms with Crippen LogP contribution in [-0.4, -0.2) is 45.2 Å². The van der Waals surface area contributed by atoms with Crippen LogP contribution in [0, 0.1) is 5.92 Å². The van der Waals surface area contributed by atoms with Gasteiger partial charge in [0.25, 0.3) is 0 Å². The predicted molar refractivity (Wildman–Crippen MR) is 86.0 cm³/mol. The first-order chi connectivity index (χ1) is 11.7. The number of carboxylic acids is 1. The first-order valence-electron chi connectivity index (χ1n) is 7.57. The van der Waals surface area contributed by atoms with Crippen molar-refractivity contribution in [2.45, 2.75) is 25.5 Å². The van der Waals surface area contributed by atoms with Crippen LogP contribution in [0.2, 0.25) is 0 Å². The Balaban J connectivity index is 2.00. The zero-order valence-corrected chi connectivity index (χ0v) is 13.3. The van der Waals surface area contributed by atoms with Crippen LogP contribution in [0.15, 0.2) is 23.9 Å². The maximum atomic E-state index is 12.2. The second kappa shape index (κ2) is 5.78. The summed E-state index contributed by atoms with van der Waals surface area (Å²) in [6.07, 6.45) is -1.59. The fourth-order valence-corrected chi connectivity index (χ4v) is 3.51. The third-order valence-corrected chi connectivity index (χ3v) is 4.50. The second-order valence-electron chi connectivity index (χ2n) is 6.05. The Morgan fingerprint density at radius 2 is 2.08 bits per heavy atom. The number of nitrogen functional groups attached to an aromatic ring is 1. The third-order valence-electron chi connectivity index (χ3n) is 4.50. The van der Waals surface area contributed by atoms with E-state index in [-0.39, 0.29) is 23.6 Å². The highest BCUT2D eigenvalue weighted by atomic mass is 16.5. The Labute approximate surface area is 142 Å². The molecule has 2 aliphatic rings. The largest absolute Gasteiger partial charge is 0.477 e. The number of fused-ring (bicyclic) bond motifs is 1. The first-order valence-corrected chi connectivity index (χ1v) is 7.57. The lowest BCUT2D eigenvalue weighted by molar-refractivity contribution is -0.161. The van der Waals surface area contributed by atoms with Crippen molar-refractivity contribution >= 4 is 29.2 Å². The molecule has 2 aliphatic heterocycles. The van der Waals surface area contributed by atoms with Crippen LogP contribution in [0.4, 0.5) is 10.5 Å². The number of primary amides is 1. The molecule has 1 aromatic carbocycles. The van der Waals surface area contributed by atoms with E-state index in [1.54, 1.807) is 0 Å². The van der Waals surface area contributed by atoms with Gasteiger partial charge in [0.1, 0.15) is 11.4 Å². The van der Waals surface area contributed by atoms with Crippen LogP contribution in [-0.2, 0) is 9.59 Å². The van der Waals surface area contributed by atoms with Crippen molar-refractivity contribution in [3.8, 4) is 5.75 Å². The zero-order valence-electron chi connectivity index (χ0n) is 13.3. The Kier molecular flexibility index (Phi) is 3.88. The molecule has 0 spiro atoms. The molecule has 0 unspecified atom stereocenters. The highest BCUT2D eigenvalue weighted by molar-refractivity contribution is 6.07. The van der Waals surface area contributed by atoms with Gasteiger partial charge in [0.2, 0.25) is 5.91 Å². The van der Waals surface area contributed by atoms with E-state index in [9.17, 15) is 24.6 Å². The number of nitrogens with zero attached hydrogens (tertiary/aromatic N) is 1. The molecule has 132 valence electrons. The minimum atomic E-state index is -1.24. The second-order valence-corrected chi connectivity index (χ2v) is 6.05. The molecule has 2 heterocycles. The number of rotatable bonds is 4. The summed E-state index contributed by atoms with van der Waals surface area (Å²) in [6.45, 7) is 1.50. The van der Waals surface area contributed by atoms with E-state index in [1.165, 1.54) is 30.0 Å². The summed E-state index contributed by atoms with van der Waals surface area (Å²) in [6, 6.07) is 3.90. The fraction of sp³-hybridized carbons (Fsp3) is 0.312. The molecule has 3 rings (SSSR count). The van der Waals surface area contributed by atoms with Gasteiger partial charge in [-0.3, -0.25) is 4.79 Å². The topological polar surface area (TPSA) is 156 Å². The van der Waals surface area contributed by atoms with Gasteiger partial charge in [0.15, 0.2) is 0 Å². The van der Waals surface area contributed by atoms with Gasteiger partial charge in [-0.1, -0.05) is 0 Å². The van der Waals surface area contributed by atoms with E-state index in [0.29, 0.717) is 11.1 Å². The molecule has 0 aliphatic carbocycles. The van der Waals surface area contributed by atoms with Crippen molar-refractivity contribution in [1.29, 1.82) is 0 Å². The summed E-state index contributed by atoms with van der Waals surface area (Å²) >= 11 is 0. The molecule has 0 bridgehead atoms. The molecule has 0 radical (unpaired) electrons. The standard InChI is InChI=1S/C16H17N3O6/c1-6(20)12-11-5-9(13(15(22)23)19(11)14(12)21)8-3-2-7(4-10(8)17)25-16(18)24/h2-4,6,11-12,20H,5,17H2,1H3,(H2,18,24)(H,22,23)/t6-,11-,12-/m1/s1. The number of aliphatic hydroxyl groups excluding tert-OH is 1. The summed E-state index contributed by atoms with van der Waals surface area (Å²) in [4.78, 5) is 35.9. The van der Waals surface area contributed by atoms with Crippen molar-refractivity contribution in [2.24, 2.45) is 11.7 Å². The molecule has 1 aromatic rings. The van der Waals surface area contributed by atoms with Gasteiger partial charge < -0.3 is 31.3 Å². The van der Waals surface area contributed by atoms with E-state index >= 15 is 0 Å². The summed E-state index contributed by atoms with van der Waals surface area (Å²) in [5.41, 5.74) is 11.8. The maximum absolute atomic E-state index is 12.2. The number of ether oxygens (including phenoxy) is 1. The molecule has 25 heavy (non-hydrogen) atoms. The van der Waals surface area contributed by atoms with Crippen molar-refractivity contribution in [1.82, 2.24) is 4.90 Å². The maximum Gasteiger partial charge on any atom is 0.409 e. The number of β-lactam (4-membered cyclic amide) rings is 1. The van der Waals surface area contributed by atoms with Crippen LogP contribution < -0.4 is 16.2 Å². The predicted octanol–water partition coefficient (Wildman–Crippen LogP) is 0.133. The highest BCUT2D eigenvalue weighted by Crippen LogP contribution is 2.48. The number of carbonyl (C=O) groups is 3. The Bertz CT molecular complexity index is 816. The molecule has 2 amide bonds. The molecule has 0 saturated carbocycles. The average Bonchev–Trinajstić information content (AvgIpc) is 2.81. The van der Waals surface area contributed by atoms with Gasteiger partial charge in [0, 0.05) is 17.3 Å². The highest BCUT2D eigenvalue weighted by Gasteiger charge is 2.56.